The van der Waals surface area contributed by atoms with Crippen molar-refractivity contribution in [3.63, 3.8) is 0 Å². The molecule has 0 fully saturated rings. The van der Waals surface area contributed by atoms with E-state index in [1.54, 1.807) is 0 Å². The van der Waals surface area contributed by atoms with E-state index in [-0.39, 0.29) is 0 Å². The maximum absolute atomic E-state index is 6.26. The summed E-state index contributed by atoms with van der Waals surface area (Å²) in [5, 5.41) is 7.19. The molecule has 0 N–H and O–H groups in total. The van der Waals surface area contributed by atoms with Crippen molar-refractivity contribution in [1.29, 1.82) is 0 Å². The fourth-order valence-corrected chi connectivity index (χ4v) is 9.26. The topological polar surface area (TPSA) is 21.3 Å². The zero-order valence-corrected chi connectivity index (χ0v) is 33.2. The number of anilines is 3. The first-order chi connectivity index (χ1) is 30.2. The third-order valence-electron chi connectivity index (χ3n) is 12.2. The molecule has 12 rings (SSSR count). The van der Waals surface area contributed by atoms with Gasteiger partial charge in [0.25, 0.3) is 0 Å². The molecular formula is C58H38N2O. The number of benzene rings is 10. The van der Waals surface area contributed by atoms with Crippen LogP contribution in [0.5, 0.6) is 0 Å². The molecule has 3 heteroatoms. The first-order valence-electron chi connectivity index (χ1n) is 20.8. The highest BCUT2D eigenvalue weighted by molar-refractivity contribution is 6.10. The van der Waals surface area contributed by atoms with Crippen molar-refractivity contribution < 1.29 is 4.42 Å². The second kappa shape index (κ2) is 14.3. The van der Waals surface area contributed by atoms with Crippen LogP contribution >= 0.6 is 0 Å². The van der Waals surface area contributed by atoms with E-state index in [1.165, 1.54) is 49.3 Å². The molecule has 3 nitrogen and oxygen atoms in total. The van der Waals surface area contributed by atoms with Gasteiger partial charge in [-0.15, -0.1) is 0 Å². The summed E-state index contributed by atoms with van der Waals surface area (Å²) in [6, 6.07) is 83.0. The number of rotatable bonds is 7. The minimum Gasteiger partial charge on any atom is -0.456 e. The van der Waals surface area contributed by atoms with Gasteiger partial charge in [0, 0.05) is 44.2 Å². The third kappa shape index (κ3) is 5.98. The highest BCUT2D eigenvalue weighted by atomic mass is 16.3. The van der Waals surface area contributed by atoms with Gasteiger partial charge in [0.2, 0.25) is 0 Å². The number of para-hydroxylation sites is 4. The van der Waals surface area contributed by atoms with Crippen LogP contribution in [0.3, 0.4) is 0 Å². The van der Waals surface area contributed by atoms with Crippen LogP contribution in [-0.4, -0.2) is 4.57 Å². The molecule has 0 saturated carbocycles. The molecule has 0 radical (unpaired) electrons. The van der Waals surface area contributed by atoms with Crippen LogP contribution in [0, 0.1) is 0 Å². The quantitative estimate of drug-likeness (QED) is 0.161. The lowest BCUT2D eigenvalue weighted by Crippen LogP contribution is -2.10. The van der Waals surface area contributed by atoms with Gasteiger partial charge in [-0.3, -0.25) is 0 Å². The van der Waals surface area contributed by atoms with E-state index in [0.29, 0.717) is 0 Å². The average Bonchev–Trinajstić information content (AvgIpc) is 3.87. The molecule has 10 aromatic carbocycles. The standard InChI is InChI=1S/C58H38N2O/c1-2-14-41-35-44(28-27-39(41)13-1)43-16-12-18-47(37-43)59(48-33-34-58-53(38-48)52-22-6-10-26-57(52)61-58)46-31-29-40(30-32-46)42-15-11-17-45(36-42)49-19-3-7-23-54(49)60-55-24-8-4-20-50(55)51-21-5-9-25-56(51)60/h1-38H. The van der Waals surface area contributed by atoms with Gasteiger partial charge < -0.3 is 13.9 Å². The number of nitrogens with zero attached hydrogens (tertiary/aromatic N) is 2. The molecule has 0 spiro atoms. The van der Waals surface area contributed by atoms with E-state index < -0.39 is 0 Å². The lowest BCUT2D eigenvalue weighted by molar-refractivity contribution is 0.669. The molecule has 0 atom stereocenters. The number of fused-ring (bicyclic) bond motifs is 7. The number of hydrogen-bond donors (Lipinski definition) is 0. The van der Waals surface area contributed by atoms with Crippen molar-refractivity contribution in [2.45, 2.75) is 0 Å². The van der Waals surface area contributed by atoms with Crippen LogP contribution in [0.1, 0.15) is 0 Å². The van der Waals surface area contributed by atoms with Crippen LogP contribution in [0.2, 0.25) is 0 Å². The summed E-state index contributed by atoms with van der Waals surface area (Å²) in [6.45, 7) is 0. The van der Waals surface area contributed by atoms with Gasteiger partial charge >= 0.3 is 0 Å². The number of hydrogen-bond acceptors (Lipinski definition) is 2. The summed E-state index contributed by atoms with van der Waals surface area (Å²) < 4.78 is 8.67. The second-order valence-corrected chi connectivity index (χ2v) is 15.7. The van der Waals surface area contributed by atoms with E-state index in [9.17, 15) is 0 Å². The molecule has 0 amide bonds. The van der Waals surface area contributed by atoms with Gasteiger partial charge in [-0.2, -0.15) is 0 Å². The zero-order valence-electron chi connectivity index (χ0n) is 33.2. The monoisotopic (exact) mass is 778 g/mol. The summed E-state index contributed by atoms with van der Waals surface area (Å²) in [5.74, 6) is 0. The first-order valence-corrected chi connectivity index (χ1v) is 20.8. The molecule has 0 aliphatic heterocycles. The van der Waals surface area contributed by atoms with Crippen molar-refractivity contribution in [3.05, 3.63) is 231 Å². The van der Waals surface area contributed by atoms with Gasteiger partial charge in [0.05, 0.1) is 16.7 Å². The van der Waals surface area contributed by atoms with Crippen LogP contribution in [0.4, 0.5) is 17.1 Å². The molecule has 2 heterocycles. The van der Waals surface area contributed by atoms with Crippen molar-refractivity contribution in [1.82, 2.24) is 4.57 Å². The van der Waals surface area contributed by atoms with E-state index in [2.05, 4.69) is 228 Å². The summed E-state index contributed by atoms with van der Waals surface area (Å²) in [6.07, 6.45) is 0. The van der Waals surface area contributed by atoms with Crippen LogP contribution < -0.4 is 4.90 Å². The Labute approximate surface area is 353 Å². The van der Waals surface area contributed by atoms with Gasteiger partial charge in [0.15, 0.2) is 0 Å². The molecule has 286 valence electrons. The fraction of sp³-hybridized carbons (Fsp3) is 0. The molecule has 0 unspecified atom stereocenters. The summed E-state index contributed by atoms with van der Waals surface area (Å²) in [4.78, 5) is 2.36. The summed E-state index contributed by atoms with van der Waals surface area (Å²) in [7, 11) is 0. The highest BCUT2D eigenvalue weighted by Gasteiger charge is 2.18. The molecule has 0 aliphatic rings. The minimum absolute atomic E-state index is 0.879. The Bertz CT molecular complexity index is 3560. The Kier molecular flexibility index (Phi) is 8.17. The van der Waals surface area contributed by atoms with Gasteiger partial charge in [-0.25, -0.2) is 0 Å². The Morgan fingerprint density at radius 2 is 0.885 bits per heavy atom. The summed E-state index contributed by atoms with van der Waals surface area (Å²) >= 11 is 0. The van der Waals surface area contributed by atoms with Crippen molar-refractivity contribution in [2.75, 3.05) is 4.90 Å². The first kappa shape index (κ1) is 34.9. The van der Waals surface area contributed by atoms with E-state index in [4.69, 9.17) is 4.42 Å². The molecule has 61 heavy (non-hydrogen) atoms. The molecule has 12 aromatic rings. The van der Waals surface area contributed by atoms with Crippen LogP contribution in [-0.2, 0) is 0 Å². The Morgan fingerprint density at radius 3 is 1.70 bits per heavy atom. The molecule has 0 saturated heterocycles. The lowest BCUT2D eigenvalue weighted by Gasteiger charge is -2.26. The van der Waals surface area contributed by atoms with E-state index >= 15 is 0 Å². The maximum Gasteiger partial charge on any atom is 0.135 e. The minimum atomic E-state index is 0.879. The van der Waals surface area contributed by atoms with Crippen LogP contribution in [0.25, 0.3) is 93.6 Å². The summed E-state index contributed by atoms with van der Waals surface area (Å²) in [5.41, 5.74) is 15.6. The van der Waals surface area contributed by atoms with Crippen molar-refractivity contribution >= 4 is 71.6 Å². The lowest BCUT2D eigenvalue weighted by atomic mass is 9.97. The smallest absolute Gasteiger partial charge is 0.135 e. The van der Waals surface area contributed by atoms with E-state index in [0.717, 1.165) is 61.4 Å². The van der Waals surface area contributed by atoms with Gasteiger partial charge in [0.1, 0.15) is 11.2 Å². The zero-order chi connectivity index (χ0) is 40.3. The normalized spacial score (nSPS) is 11.6. The Morgan fingerprint density at radius 1 is 0.311 bits per heavy atom. The fourth-order valence-electron chi connectivity index (χ4n) is 9.26. The van der Waals surface area contributed by atoms with Crippen LogP contribution in [0.15, 0.2) is 235 Å². The van der Waals surface area contributed by atoms with Crippen molar-refractivity contribution in [3.8, 4) is 39.1 Å². The maximum atomic E-state index is 6.26. The highest BCUT2D eigenvalue weighted by Crippen LogP contribution is 2.42. The number of aromatic nitrogens is 1. The molecule has 0 bridgehead atoms. The third-order valence-corrected chi connectivity index (χ3v) is 12.2. The second-order valence-electron chi connectivity index (χ2n) is 15.7. The molecule has 2 aromatic heterocycles. The molecule has 0 aliphatic carbocycles. The molecular weight excluding hydrogens is 741 g/mol. The van der Waals surface area contributed by atoms with Gasteiger partial charge in [-0.05, 0) is 117 Å². The van der Waals surface area contributed by atoms with Crippen molar-refractivity contribution in [2.24, 2.45) is 0 Å². The SMILES string of the molecule is c1cc(-c2ccc(N(c3cccc(-c4ccc5ccccc5c4)c3)c3ccc4oc5ccccc5c4c3)cc2)cc(-c2ccccc2-n2c3ccccc3c3ccccc32)c1. The largest absolute Gasteiger partial charge is 0.456 e. The predicted molar refractivity (Wildman–Crippen MR) is 257 cm³/mol. The number of furan rings is 1. The Hall–Kier alpha value is -8.14. The van der Waals surface area contributed by atoms with Gasteiger partial charge in [-0.1, -0.05) is 152 Å². The predicted octanol–water partition coefficient (Wildman–Crippen LogP) is 16.3. The Balaban J connectivity index is 0.952. The van der Waals surface area contributed by atoms with E-state index in [1.807, 2.05) is 12.1 Å². The average molecular weight is 779 g/mol.